The van der Waals surface area contributed by atoms with E-state index in [0.29, 0.717) is 16.8 Å². The number of benzene rings is 2. The summed E-state index contributed by atoms with van der Waals surface area (Å²) < 4.78 is 9.86. The van der Waals surface area contributed by atoms with Crippen molar-refractivity contribution in [3.05, 3.63) is 95.1 Å². The number of hydrogen-bond acceptors (Lipinski definition) is 7. The quantitative estimate of drug-likeness (QED) is 0.451. The number of carbonyl (C=O) groups is 3. The summed E-state index contributed by atoms with van der Waals surface area (Å²) in [5.41, 5.74) is 1.47. The Morgan fingerprint density at radius 2 is 1.72 bits per heavy atom. The number of phenolic OH excluding ortho intramolecular Hbond substituents is 1. The zero-order valence-electron chi connectivity index (χ0n) is 17.0. The molecule has 2 heterocycles. The molecule has 162 valence electrons. The molecule has 4 rings (SSSR count). The van der Waals surface area contributed by atoms with Crippen LogP contribution >= 0.6 is 0 Å². The van der Waals surface area contributed by atoms with Crippen molar-refractivity contribution in [1.29, 1.82) is 0 Å². The van der Waals surface area contributed by atoms with Gasteiger partial charge < -0.3 is 19.4 Å². The van der Waals surface area contributed by atoms with Crippen LogP contribution in [0.3, 0.4) is 0 Å². The first-order valence-electron chi connectivity index (χ1n) is 9.70. The van der Waals surface area contributed by atoms with Crippen molar-refractivity contribution >= 4 is 23.3 Å². The predicted octanol–water partition coefficient (Wildman–Crippen LogP) is 3.48. The molecule has 2 N–H and O–H groups in total. The molecule has 8 heteroatoms. The molecular weight excluding hydrogens is 414 g/mol. The maximum Gasteiger partial charge on any atom is 0.309 e. The van der Waals surface area contributed by atoms with Gasteiger partial charge in [0.2, 0.25) is 5.78 Å². The topological polar surface area (TPSA) is 117 Å². The molecule has 1 atom stereocenters. The number of Topliss-reactive ketones (excluding diaryl/α,β-unsaturated/α-hetero) is 1. The summed E-state index contributed by atoms with van der Waals surface area (Å²) in [7, 11) is 1.30. The third kappa shape index (κ3) is 3.74. The molecule has 0 saturated heterocycles. The molecule has 0 aliphatic carbocycles. The number of furan rings is 1. The van der Waals surface area contributed by atoms with E-state index in [9.17, 15) is 24.6 Å². The fourth-order valence-corrected chi connectivity index (χ4v) is 3.63. The van der Waals surface area contributed by atoms with Crippen LogP contribution in [0.25, 0.3) is 0 Å². The van der Waals surface area contributed by atoms with Crippen LogP contribution in [0.2, 0.25) is 0 Å². The Balaban J connectivity index is 1.78. The summed E-state index contributed by atoms with van der Waals surface area (Å²) in [5.74, 6) is -2.45. The number of phenols is 1. The van der Waals surface area contributed by atoms with Crippen LogP contribution in [-0.4, -0.2) is 35.0 Å². The zero-order valence-corrected chi connectivity index (χ0v) is 17.0. The summed E-state index contributed by atoms with van der Waals surface area (Å²) in [6.07, 6.45) is 1.40. The lowest BCUT2D eigenvalue weighted by Gasteiger charge is -2.27. The second-order valence-corrected chi connectivity index (χ2v) is 7.16. The van der Waals surface area contributed by atoms with E-state index in [4.69, 9.17) is 4.42 Å². The number of aliphatic hydroxyl groups excluding tert-OH is 1. The smallest absolute Gasteiger partial charge is 0.309 e. The minimum Gasteiger partial charge on any atom is -0.508 e. The molecule has 1 unspecified atom stereocenters. The van der Waals surface area contributed by atoms with Gasteiger partial charge in [-0.05, 0) is 47.5 Å². The summed E-state index contributed by atoms with van der Waals surface area (Å²) in [6, 6.07) is 14.6. The van der Waals surface area contributed by atoms with Gasteiger partial charge in [0, 0.05) is 5.69 Å². The number of aliphatic hydroxyl groups is 1. The van der Waals surface area contributed by atoms with Crippen LogP contribution in [0, 0.1) is 0 Å². The summed E-state index contributed by atoms with van der Waals surface area (Å²) in [6.45, 7) is 0. The first-order valence-corrected chi connectivity index (χ1v) is 9.70. The molecule has 0 spiro atoms. The van der Waals surface area contributed by atoms with E-state index in [1.807, 2.05) is 0 Å². The number of anilines is 1. The van der Waals surface area contributed by atoms with Gasteiger partial charge in [0.05, 0.1) is 31.4 Å². The molecule has 0 saturated carbocycles. The van der Waals surface area contributed by atoms with Gasteiger partial charge in [-0.15, -0.1) is 0 Å². The van der Waals surface area contributed by atoms with Crippen LogP contribution in [-0.2, 0) is 20.7 Å². The Morgan fingerprint density at radius 1 is 1.03 bits per heavy atom. The Bertz CT molecular complexity index is 1190. The number of esters is 1. The summed E-state index contributed by atoms with van der Waals surface area (Å²) >= 11 is 0. The summed E-state index contributed by atoms with van der Waals surface area (Å²) in [5, 5.41) is 20.3. The lowest BCUT2D eigenvalue weighted by atomic mass is 9.94. The van der Waals surface area contributed by atoms with Crippen molar-refractivity contribution in [3.63, 3.8) is 0 Å². The number of carbonyl (C=O) groups excluding carboxylic acids is 3. The highest BCUT2D eigenvalue weighted by Crippen LogP contribution is 2.42. The third-order valence-electron chi connectivity index (χ3n) is 5.20. The molecule has 3 aromatic rings. The molecule has 0 fully saturated rings. The van der Waals surface area contributed by atoms with Crippen molar-refractivity contribution in [3.8, 4) is 5.75 Å². The van der Waals surface area contributed by atoms with Gasteiger partial charge in [-0.2, -0.15) is 0 Å². The molecule has 32 heavy (non-hydrogen) atoms. The van der Waals surface area contributed by atoms with E-state index in [1.165, 1.54) is 42.5 Å². The van der Waals surface area contributed by atoms with Gasteiger partial charge in [0.1, 0.15) is 5.75 Å². The number of amides is 1. The first kappa shape index (κ1) is 20.9. The Morgan fingerprint density at radius 3 is 2.31 bits per heavy atom. The second-order valence-electron chi connectivity index (χ2n) is 7.16. The number of methoxy groups -OCH3 is 1. The molecule has 2 aromatic carbocycles. The fourth-order valence-electron chi connectivity index (χ4n) is 3.63. The average Bonchev–Trinajstić information content (AvgIpc) is 3.42. The average molecular weight is 433 g/mol. The highest BCUT2D eigenvalue weighted by Gasteiger charge is 2.45. The van der Waals surface area contributed by atoms with Crippen molar-refractivity contribution < 1.29 is 33.8 Å². The van der Waals surface area contributed by atoms with Crippen molar-refractivity contribution in [2.24, 2.45) is 0 Å². The number of hydrogen-bond donors (Lipinski definition) is 2. The van der Waals surface area contributed by atoms with Crippen molar-refractivity contribution in [2.75, 3.05) is 12.0 Å². The standard InChI is InChI=1S/C24H19NO7/c1-31-19(27)13-14-4-8-16(9-5-14)25-21(15-6-10-17(26)11-7-15)20(23(29)24(25)30)22(28)18-3-2-12-32-18/h2-12,21,26,29H,13H2,1H3. The van der Waals surface area contributed by atoms with E-state index < -0.39 is 29.5 Å². The number of ketones is 1. The van der Waals surface area contributed by atoms with Gasteiger partial charge in [0.15, 0.2) is 11.5 Å². The number of rotatable bonds is 6. The van der Waals surface area contributed by atoms with E-state index >= 15 is 0 Å². The van der Waals surface area contributed by atoms with Gasteiger partial charge in [-0.1, -0.05) is 24.3 Å². The maximum atomic E-state index is 13.1. The fraction of sp³-hybridized carbons (Fsp3) is 0.125. The minimum absolute atomic E-state index is 0.0154. The Kier molecular flexibility index (Phi) is 5.51. The molecule has 0 radical (unpaired) electrons. The van der Waals surface area contributed by atoms with Crippen LogP contribution in [0.5, 0.6) is 5.75 Å². The predicted molar refractivity (Wildman–Crippen MR) is 113 cm³/mol. The third-order valence-corrected chi connectivity index (χ3v) is 5.20. The molecule has 1 aliphatic rings. The van der Waals surface area contributed by atoms with Crippen molar-refractivity contribution in [1.82, 2.24) is 0 Å². The van der Waals surface area contributed by atoms with Gasteiger partial charge in [-0.25, -0.2) is 0 Å². The molecule has 1 aromatic heterocycles. The first-order chi connectivity index (χ1) is 15.4. The molecule has 8 nitrogen and oxygen atoms in total. The molecule has 1 aliphatic heterocycles. The van der Waals surface area contributed by atoms with Crippen LogP contribution < -0.4 is 4.90 Å². The van der Waals surface area contributed by atoms with Gasteiger partial charge in [-0.3, -0.25) is 19.3 Å². The number of aromatic hydroxyl groups is 1. The SMILES string of the molecule is COC(=O)Cc1ccc(N2C(=O)C(O)=C(C(=O)c3ccco3)C2c2ccc(O)cc2)cc1. The molecule has 1 amide bonds. The normalized spacial score (nSPS) is 15.8. The number of ether oxygens (including phenoxy) is 1. The van der Waals surface area contributed by atoms with Gasteiger partial charge >= 0.3 is 5.97 Å². The van der Waals surface area contributed by atoms with E-state index in [1.54, 1.807) is 36.4 Å². The zero-order chi connectivity index (χ0) is 22.8. The van der Waals surface area contributed by atoms with E-state index in [0.717, 1.165) is 0 Å². The lowest BCUT2D eigenvalue weighted by Crippen LogP contribution is -2.31. The molecular formula is C24H19NO7. The van der Waals surface area contributed by atoms with Crippen LogP contribution in [0.4, 0.5) is 5.69 Å². The van der Waals surface area contributed by atoms with Crippen LogP contribution in [0.15, 0.2) is 82.7 Å². The lowest BCUT2D eigenvalue weighted by molar-refractivity contribution is -0.139. The maximum absolute atomic E-state index is 13.1. The monoisotopic (exact) mass is 433 g/mol. The minimum atomic E-state index is -0.952. The van der Waals surface area contributed by atoms with E-state index in [-0.39, 0.29) is 23.5 Å². The largest absolute Gasteiger partial charge is 0.508 e. The summed E-state index contributed by atoms with van der Waals surface area (Å²) in [4.78, 5) is 39.0. The Labute approximate surface area is 183 Å². The molecule has 0 bridgehead atoms. The second kappa shape index (κ2) is 8.43. The van der Waals surface area contributed by atoms with Crippen LogP contribution in [0.1, 0.15) is 27.7 Å². The van der Waals surface area contributed by atoms with E-state index in [2.05, 4.69) is 4.74 Å². The highest BCUT2D eigenvalue weighted by molar-refractivity contribution is 6.20. The van der Waals surface area contributed by atoms with Gasteiger partial charge in [0.25, 0.3) is 5.91 Å². The number of nitrogens with zero attached hydrogens (tertiary/aromatic N) is 1. The van der Waals surface area contributed by atoms with Crippen molar-refractivity contribution in [2.45, 2.75) is 12.5 Å². The Hall–Kier alpha value is -4.33. The highest BCUT2D eigenvalue weighted by atomic mass is 16.5.